The van der Waals surface area contributed by atoms with Crippen LogP contribution in [0.15, 0.2) is 30.3 Å². The maximum Gasteiger partial charge on any atom is 0.318 e. The number of aromatic hydroxyl groups is 1. The number of fused-ring (bicyclic) bond motifs is 7. The molecule has 0 amide bonds. The predicted molar refractivity (Wildman–Crippen MR) is 166 cm³/mol. The van der Waals surface area contributed by atoms with E-state index in [0.29, 0.717) is 55.5 Å². The summed E-state index contributed by atoms with van der Waals surface area (Å²) in [7, 11) is 0. The quantitative estimate of drug-likeness (QED) is 0.438. The first-order chi connectivity index (χ1) is 21.0. The summed E-state index contributed by atoms with van der Waals surface area (Å²) in [5.41, 5.74) is 3.06. The highest BCUT2D eigenvalue weighted by molar-refractivity contribution is 6.36. The number of phenols is 1. The minimum atomic E-state index is -0.195. The lowest BCUT2D eigenvalue weighted by Gasteiger charge is -2.46. The maximum absolute atomic E-state index is 10.7. The molecule has 2 bridgehead atoms. The highest BCUT2D eigenvalue weighted by Gasteiger charge is 2.47. The van der Waals surface area contributed by atoms with Crippen molar-refractivity contribution in [2.45, 2.75) is 81.3 Å². The zero-order valence-corrected chi connectivity index (χ0v) is 25.2. The summed E-state index contributed by atoms with van der Waals surface area (Å²) in [6, 6.07) is 11.2. The van der Waals surface area contributed by atoms with E-state index in [2.05, 4.69) is 20.0 Å². The van der Waals surface area contributed by atoms with Crippen LogP contribution in [-0.4, -0.2) is 83.0 Å². The fourth-order valence-electron chi connectivity index (χ4n) is 9.14. The summed E-state index contributed by atoms with van der Waals surface area (Å²) in [6.45, 7) is 5.79. The molecule has 2 N–H and O–H groups in total. The average molecular weight is 603 g/mol. The number of nitrogens with one attached hydrogen (secondary N) is 1. The van der Waals surface area contributed by atoms with Gasteiger partial charge in [-0.05, 0) is 75.6 Å². The normalized spacial score (nSPS) is 29.2. The molecule has 2 aromatic carbocycles. The van der Waals surface area contributed by atoms with Gasteiger partial charge in [0.15, 0.2) is 0 Å². The first kappa shape index (κ1) is 26.5. The molecule has 4 unspecified atom stereocenters. The van der Waals surface area contributed by atoms with E-state index in [0.717, 1.165) is 46.5 Å². The molecule has 0 radical (unpaired) electrons. The number of rotatable bonds is 4. The first-order valence-corrected chi connectivity index (χ1v) is 16.5. The molecule has 4 fully saturated rings. The fraction of sp³-hybridized carbons (Fsp3) is 0.576. The first-order valence-electron chi connectivity index (χ1n) is 16.1. The van der Waals surface area contributed by atoms with E-state index in [-0.39, 0.29) is 17.4 Å². The van der Waals surface area contributed by atoms with Gasteiger partial charge in [-0.1, -0.05) is 23.7 Å². The van der Waals surface area contributed by atoms with Gasteiger partial charge in [0, 0.05) is 54.8 Å². The van der Waals surface area contributed by atoms with Gasteiger partial charge in [0.05, 0.1) is 28.5 Å². The number of ether oxygens (including phenoxy) is 2. The number of nitrogens with zero attached hydrogens (tertiary/aromatic N) is 5. The van der Waals surface area contributed by atoms with Crippen molar-refractivity contribution in [3.8, 4) is 11.8 Å². The summed E-state index contributed by atoms with van der Waals surface area (Å²) in [5.74, 6) is 1.22. The van der Waals surface area contributed by atoms with Gasteiger partial charge in [-0.25, -0.2) is 0 Å². The minimum absolute atomic E-state index is 0.121. The molecular formula is C33H39ClN6O3. The topological polar surface area (TPSA) is 86.2 Å². The molecule has 226 valence electrons. The molecule has 6 aliphatic heterocycles. The summed E-state index contributed by atoms with van der Waals surface area (Å²) in [5, 5.41) is 17.1. The molecule has 9 rings (SSSR count). The highest BCUT2D eigenvalue weighted by atomic mass is 35.5. The lowest BCUT2D eigenvalue weighted by Crippen LogP contribution is -2.59. The van der Waals surface area contributed by atoms with Crippen LogP contribution in [0.3, 0.4) is 0 Å². The third-order valence-electron chi connectivity index (χ3n) is 11.1. The van der Waals surface area contributed by atoms with Gasteiger partial charge in [-0.15, -0.1) is 0 Å². The van der Waals surface area contributed by atoms with Gasteiger partial charge in [-0.2, -0.15) is 9.97 Å². The smallest absolute Gasteiger partial charge is 0.318 e. The Bertz CT molecular complexity index is 1580. The molecule has 4 saturated heterocycles. The van der Waals surface area contributed by atoms with Crippen LogP contribution in [0.25, 0.3) is 10.8 Å². The van der Waals surface area contributed by atoms with Gasteiger partial charge < -0.3 is 29.7 Å². The van der Waals surface area contributed by atoms with E-state index in [9.17, 15) is 5.11 Å². The molecule has 0 spiro atoms. The van der Waals surface area contributed by atoms with E-state index in [1.807, 2.05) is 24.3 Å². The zero-order valence-electron chi connectivity index (χ0n) is 24.5. The molecule has 1 aromatic heterocycles. The summed E-state index contributed by atoms with van der Waals surface area (Å²) < 4.78 is 13.3. The van der Waals surface area contributed by atoms with Gasteiger partial charge in [0.2, 0.25) is 0 Å². The monoisotopic (exact) mass is 602 g/mol. The molecule has 0 aliphatic carbocycles. The molecule has 3 aromatic rings. The second-order valence-corrected chi connectivity index (χ2v) is 13.9. The van der Waals surface area contributed by atoms with Crippen LogP contribution in [0.2, 0.25) is 5.02 Å². The van der Waals surface area contributed by atoms with E-state index < -0.39 is 0 Å². The van der Waals surface area contributed by atoms with Crippen molar-refractivity contribution >= 4 is 33.9 Å². The Hall–Kier alpha value is -2.85. The van der Waals surface area contributed by atoms with Crippen LogP contribution in [0.5, 0.6) is 11.8 Å². The van der Waals surface area contributed by atoms with Gasteiger partial charge in [0.25, 0.3) is 0 Å². The van der Waals surface area contributed by atoms with Crippen LogP contribution in [0.1, 0.15) is 62.3 Å². The highest BCUT2D eigenvalue weighted by Crippen LogP contribution is 2.45. The van der Waals surface area contributed by atoms with Crippen LogP contribution in [0.4, 0.5) is 11.5 Å². The van der Waals surface area contributed by atoms with Gasteiger partial charge in [-0.3, -0.25) is 4.90 Å². The summed E-state index contributed by atoms with van der Waals surface area (Å²) in [4.78, 5) is 17.8. The third-order valence-corrected chi connectivity index (χ3v) is 11.4. The molecule has 6 aliphatic rings. The van der Waals surface area contributed by atoms with Gasteiger partial charge >= 0.3 is 6.01 Å². The van der Waals surface area contributed by atoms with E-state index in [1.54, 1.807) is 6.07 Å². The number of hydrogen-bond acceptors (Lipinski definition) is 9. The fourth-order valence-corrected chi connectivity index (χ4v) is 9.42. The third kappa shape index (κ3) is 4.30. The number of aromatic nitrogens is 2. The summed E-state index contributed by atoms with van der Waals surface area (Å²) in [6.07, 6.45) is 8.00. The Balaban J connectivity index is 1.14. The van der Waals surface area contributed by atoms with Crippen LogP contribution < -0.4 is 19.9 Å². The SMILES string of the molecule is Oc1cc(N2Cc3nc(OCC45CCCN4CCC5)nc4c3C(C2)OCCC2C3CCC(CN42)N3)c2c(Cl)cccc2c1. The Morgan fingerprint density at radius 3 is 2.86 bits per heavy atom. The number of phenolic OH excluding ortho intramolecular Hbond substituents is 1. The number of hydrogen-bond donors (Lipinski definition) is 2. The second kappa shape index (κ2) is 10.1. The van der Waals surface area contributed by atoms with Crippen molar-refractivity contribution in [3.63, 3.8) is 0 Å². The maximum atomic E-state index is 10.7. The molecule has 9 nitrogen and oxygen atoms in total. The van der Waals surface area contributed by atoms with Crippen molar-refractivity contribution in [1.29, 1.82) is 0 Å². The molecular weight excluding hydrogens is 564 g/mol. The van der Waals surface area contributed by atoms with E-state index in [1.165, 1.54) is 51.6 Å². The minimum Gasteiger partial charge on any atom is -0.508 e. The Morgan fingerprint density at radius 1 is 1.09 bits per heavy atom. The average Bonchev–Trinajstić information content (AvgIpc) is 3.70. The number of halogens is 1. The molecule has 4 atom stereocenters. The lowest BCUT2D eigenvalue weighted by molar-refractivity contribution is 0.0406. The largest absolute Gasteiger partial charge is 0.508 e. The standard InChI is InChI=1S/C33H39ClN6O3/c34-23-5-1-4-20-14-22(41)15-27(29(20)23)38-17-25-30-28(18-38)42-13-8-26-24-7-6-21(35-24)16-40(26)31(30)37-32(36-25)43-19-33-9-2-11-39(33)12-3-10-33/h1,4-5,14-15,21,24,26,28,35,41H,2-3,6-13,16-19H2. The lowest BCUT2D eigenvalue weighted by atomic mass is 9.95. The molecule has 43 heavy (non-hydrogen) atoms. The predicted octanol–water partition coefficient (Wildman–Crippen LogP) is 4.79. The Kier molecular flexibility index (Phi) is 6.23. The van der Waals surface area contributed by atoms with Gasteiger partial charge in [0.1, 0.15) is 24.3 Å². The van der Waals surface area contributed by atoms with Crippen molar-refractivity contribution in [1.82, 2.24) is 20.2 Å². The van der Waals surface area contributed by atoms with Crippen LogP contribution in [-0.2, 0) is 11.3 Å². The van der Waals surface area contributed by atoms with Crippen LogP contribution >= 0.6 is 11.6 Å². The van der Waals surface area contributed by atoms with E-state index >= 15 is 0 Å². The van der Waals surface area contributed by atoms with Crippen molar-refractivity contribution in [2.75, 3.05) is 49.2 Å². The van der Waals surface area contributed by atoms with E-state index in [4.69, 9.17) is 31.0 Å². The Morgan fingerprint density at radius 2 is 1.98 bits per heavy atom. The molecule has 10 heteroatoms. The molecule has 0 saturated carbocycles. The second-order valence-electron chi connectivity index (χ2n) is 13.5. The zero-order chi connectivity index (χ0) is 28.7. The number of anilines is 2. The number of piperazine rings is 1. The Labute approximate surface area is 257 Å². The van der Waals surface area contributed by atoms with Crippen molar-refractivity contribution in [2.24, 2.45) is 0 Å². The number of benzene rings is 2. The van der Waals surface area contributed by atoms with Crippen molar-refractivity contribution in [3.05, 3.63) is 46.6 Å². The summed E-state index contributed by atoms with van der Waals surface area (Å²) >= 11 is 6.77. The van der Waals surface area contributed by atoms with Crippen LogP contribution in [0, 0.1) is 0 Å². The van der Waals surface area contributed by atoms with Crippen molar-refractivity contribution < 1.29 is 14.6 Å². The molecule has 7 heterocycles.